The maximum atomic E-state index is 12.6. The van der Waals surface area contributed by atoms with Crippen LogP contribution >= 0.6 is 0 Å². The smallest absolute Gasteiger partial charge is 0.251 e. The van der Waals surface area contributed by atoms with Crippen LogP contribution < -0.4 is 15.0 Å². The molecular weight excluding hydrogens is 380 g/mol. The van der Waals surface area contributed by atoms with Gasteiger partial charge in [0.2, 0.25) is 5.88 Å². The highest BCUT2D eigenvalue weighted by atomic mass is 16.5. The van der Waals surface area contributed by atoms with Gasteiger partial charge in [-0.15, -0.1) is 0 Å². The van der Waals surface area contributed by atoms with Gasteiger partial charge in [-0.2, -0.15) is 5.26 Å². The van der Waals surface area contributed by atoms with Gasteiger partial charge in [-0.05, 0) is 56.0 Å². The maximum absolute atomic E-state index is 12.6. The lowest BCUT2D eigenvalue weighted by molar-refractivity contribution is 0.0890. The molecule has 2 fully saturated rings. The summed E-state index contributed by atoms with van der Waals surface area (Å²) in [5.41, 5.74) is 2.34. The zero-order valence-electron chi connectivity index (χ0n) is 16.9. The molecule has 1 aliphatic carbocycles. The summed E-state index contributed by atoms with van der Waals surface area (Å²) in [5, 5.41) is 12.0. The first-order valence-corrected chi connectivity index (χ1v) is 10.5. The minimum atomic E-state index is -0.0262. The number of carbonyl (C=O) groups excluding carboxylic acids is 1. The third-order valence-corrected chi connectivity index (χ3v) is 5.67. The second kappa shape index (κ2) is 9.59. The number of aromatic nitrogens is 1. The molecule has 1 aliphatic heterocycles. The van der Waals surface area contributed by atoms with E-state index in [1.54, 1.807) is 12.1 Å². The Morgan fingerprint density at radius 3 is 2.47 bits per heavy atom. The Labute approximate surface area is 176 Å². The number of nitrogens with zero attached hydrogens (tertiary/aromatic N) is 3. The second-order valence-corrected chi connectivity index (χ2v) is 7.71. The van der Waals surface area contributed by atoms with E-state index in [1.165, 1.54) is 6.20 Å². The first-order chi connectivity index (χ1) is 14.7. The van der Waals surface area contributed by atoms with Crippen LogP contribution in [0.25, 0.3) is 0 Å². The van der Waals surface area contributed by atoms with Crippen LogP contribution in [0.3, 0.4) is 0 Å². The molecule has 1 N–H and O–H groups in total. The normalized spacial score (nSPS) is 21.5. The number of hydrogen-bond acceptors (Lipinski definition) is 6. The molecule has 7 nitrogen and oxygen atoms in total. The van der Waals surface area contributed by atoms with E-state index in [-0.39, 0.29) is 18.1 Å². The molecule has 2 aliphatic rings. The van der Waals surface area contributed by atoms with Gasteiger partial charge in [0.25, 0.3) is 5.91 Å². The monoisotopic (exact) mass is 406 g/mol. The van der Waals surface area contributed by atoms with Gasteiger partial charge >= 0.3 is 0 Å². The van der Waals surface area contributed by atoms with Crippen molar-refractivity contribution in [1.29, 1.82) is 5.26 Å². The van der Waals surface area contributed by atoms with E-state index in [4.69, 9.17) is 14.7 Å². The fourth-order valence-electron chi connectivity index (χ4n) is 3.93. The Morgan fingerprint density at radius 1 is 1.10 bits per heavy atom. The van der Waals surface area contributed by atoms with Gasteiger partial charge in [-0.25, -0.2) is 4.98 Å². The average Bonchev–Trinajstić information content (AvgIpc) is 2.81. The van der Waals surface area contributed by atoms with Crippen molar-refractivity contribution in [2.24, 2.45) is 0 Å². The molecule has 30 heavy (non-hydrogen) atoms. The van der Waals surface area contributed by atoms with Crippen molar-refractivity contribution in [1.82, 2.24) is 10.3 Å². The largest absolute Gasteiger partial charge is 0.474 e. The van der Waals surface area contributed by atoms with Crippen molar-refractivity contribution in [3.05, 3.63) is 53.7 Å². The molecule has 2 heterocycles. The van der Waals surface area contributed by atoms with Crippen LogP contribution in [0.1, 0.15) is 41.6 Å². The zero-order valence-corrected chi connectivity index (χ0v) is 16.9. The fourth-order valence-corrected chi connectivity index (χ4v) is 3.93. The predicted molar refractivity (Wildman–Crippen MR) is 113 cm³/mol. The van der Waals surface area contributed by atoms with E-state index in [1.807, 2.05) is 30.3 Å². The number of benzene rings is 1. The molecule has 1 aromatic carbocycles. The lowest BCUT2D eigenvalue weighted by atomic mass is 9.92. The lowest BCUT2D eigenvalue weighted by Gasteiger charge is -2.30. The summed E-state index contributed by atoms with van der Waals surface area (Å²) in [6, 6.07) is 13.5. The molecule has 0 unspecified atom stereocenters. The van der Waals surface area contributed by atoms with Gasteiger partial charge in [-0.3, -0.25) is 4.79 Å². The van der Waals surface area contributed by atoms with Crippen LogP contribution in [-0.4, -0.2) is 49.3 Å². The number of ether oxygens (including phenoxy) is 2. The van der Waals surface area contributed by atoms with Crippen molar-refractivity contribution in [2.45, 2.75) is 37.8 Å². The summed E-state index contributed by atoms with van der Waals surface area (Å²) in [6.07, 6.45) is 5.08. The van der Waals surface area contributed by atoms with Crippen LogP contribution in [0, 0.1) is 11.3 Å². The van der Waals surface area contributed by atoms with Crippen molar-refractivity contribution in [3.63, 3.8) is 0 Å². The van der Waals surface area contributed by atoms with Gasteiger partial charge in [0.1, 0.15) is 12.2 Å². The highest BCUT2D eigenvalue weighted by Crippen LogP contribution is 2.24. The molecule has 2 aromatic rings. The molecule has 0 bridgehead atoms. The van der Waals surface area contributed by atoms with Crippen molar-refractivity contribution in [3.8, 4) is 11.9 Å². The molecular formula is C23H26N4O3. The zero-order chi connectivity index (χ0) is 20.8. The van der Waals surface area contributed by atoms with Crippen molar-refractivity contribution >= 4 is 11.6 Å². The van der Waals surface area contributed by atoms with Crippen LogP contribution in [-0.2, 0) is 4.74 Å². The van der Waals surface area contributed by atoms with Gasteiger partial charge in [0, 0.05) is 42.6 Å². The Hall–Kier alpha value is -3.11. The minimum Gasteiger partial charge on any atom is -0.474 e. The summed E-state index contributed by atoms with van der Waals surface area (Å²) in [6.45, 7) is 3.26. The predicted octanol–water partition coefficient (Wildman–Crippen LogP) is 2.91. The third kappa shape index (κ3) is 5.08. The van der Waals surface area contributed by atoms with Gasteiger partial charge in [0.05, 0.1) is 18.8 Å². The summed E-state index contributed by atoms with van der Waals surface area (Å²) in [4.78, 5) is 19.1. The summed E-state index contributed by atoms with van der Waals surface area (Å²) >= 11 is 0. The summed E-state index contributed by atoms with van der Waals surface area (Å²) < 4.78 is 11.3. The van der Waals surface area contributed by atoms with E-state index in [2.05, 4.69) is 15.2 Å². The molecule has 1 amide bonds. The number of nitriles is 1. The Bertz CT molecular complexity index is 878. The van der Waals surface area contributed by atoms with Crippen LogP contribution in [0.4, 0.5) is 5.69 Å². The number of pyridine rings is 1. The van der Waals surface area contributed by atoms with Gasteiger partial charge in [0.15, 0.2) is 0 Å². The van der Waals surface area contributed by atoms with E-state index in [0.29, 0.717) is 17.0 Å². The van der Waals surface area contributed by atoms with E-state index in [0.717, 1.165) is 57.7 Å². The first-order valence-electron chi connectivity index (χ1n) is 10.5. The van der Waals surface area contributed by atoms with E-state index in [9.17, 15) is 4.79 Å². The Morgan fingerprint density at radius 2 is 1.83 bits per heavy atom. The van der Waals surface area contributed by atoms with Gasteiger partial charge in [-0.1, -0.05) is 0 Å². The number of amides is 1. The number of nitrogens with one attached hydrogen (secondary N) is 1. The topological polar surface area (TPSA) is 87.5 Å². The molecule has 0 spiro atoms. The van der Waals surface area contributed by atoms with Crippen molar-refractivity contribution in [2.75, 3.05) is 31.2 Å². The van der Waals surface area contributed by atoms with E-state index < -0.39 is 0 Å². The number of morpholine rings is 1. The molecule has 1 aromatic heterocycles. The van der Waals surface area contributed by atoms with E-state index >= 15 is 0 Å². The molecule has 1 saturated heterocycles. The fraction of sp³-hybridized carbons (Fsp3) is 0.435. The molecule has 1 saturated carbocycles. The van der Waals surface area contributed by atoms with Crippen LogP contribution in [0.2, 0.25) is 0 Å². The van der Waals surface area contributed by atoms with Crippen LogP contribution in [0.15, 0.2) is 42.6 Å². The lowest BCUT2D eigenvalue weighted by Crippen LogP contribution is -2.39. The first kappa shape index (κ1) is 20.2. The second-order valence-electron chi connectivity index (χ2n) is 7.71. The number of anilines is 1. The standard InChI is InChI=1S/C23H26N4O3/c24-15-17-1-10-22(25-16-17)30-21-8-4-19(5-9-21)26-23(28)18-2-6-20(7-3-18)27-11-13-29-14-12-27/h1-3,6-7,10,16,19,21H,4-5,8-9,11-14H2,(H,26,28). The SMILES string of the molecule is N#Cc1ccc(OC2CCC(NC(=O)c3ccc(N4CCOCC4)cc3)CC2)nc1. The minimum absolute atomic E-state index is 0.0262. The third-order valence-electron chi connectivity index (χ3n) is 5.67. The molecule has 7 heteroatoms. The molecule has 156 valence electrons. The van der Waals surface area contributed by atoms with Crippen LogP contribution in [0.5, 0.6) is 5.88 Å². The molecule has 4 rings (SSSR count). The highest BCUT2D eigenvalue weighted by Gasteiger charge is 2.24. The van der Waals surface area contributed by atoms with Gasteiger partial charge < -0.3 is 19.7 Å². The summed E-state index contributed by atoms with van der Waals surface area (Å²) in [5.74, 6) is 0.517. The molecule has 0 radical (unpaired) electrons. The summed E-state index contributed by atoms with van der Waals surface area (Å²) in [7, 11) is 0. The average molecular weight is 406 g/mol. The number of rotatable bonds is 5. The Kier molecular flexibility index (Phi) is 6.45. The Balaban J connectivity index is 1.24. The number of hydrogen-bond donors (Lipinski definition) is 1. The highest BCUT2D eigenvalue weighted by molar-refractivity contribution is 5.94. The number of carbonyl (C=O) groups is 1. The maximum Gasteiger partial charge on any atom is 0.251 e. The van der Waals surface area contributed by atoms with Crippen molar-refractivity contribution < 1.29 is 14.3 Å². The molecule has 0 atom stereocenters. The quantitative estimate of drug-likeness (QED) is 0.822.